The van der Waals surface area contributed by atoms with Crippen LogP contribution in [0, 0.1) is 0 Å². The highest BCUT2D eigenvalue weighted by molar-refractivity contribution is 6.05. The van der Waals surface area contributed by atoms with Crippen molar-refractivity contribution in [1.29, 1.82) is 0 Å². The average molecular weight is 426 g/mol. The summed E-state index contributed by atoms with van der Waals surface area (Å²) >= 11 is 0. The molecule has 0 bridgehead atoms. The third-order valence-electron chi connectivity index (χ3n) is 4.60. The number of alkyl halides is 3. The zero-order chi connectivity index (χ0) is 22.0. The predicted molar refractivity (Wildman–Crippen MR) is 111 cm³/mol. The Morgan fingerprint density at radius 3 is 2.58 bits per heavy atom. The number of benzene rings is 3. The first kappa shape index (κ1) is 20.5. The lowest BCUT2D eigenvalue weighted by Gasteiger charge is -2.10. The highest BCUT2D eigenvalue weighted by Crippen LogP contribution is 2.29. The van der Waals surface area contributed by atoms with Crippen LogP contribution in [0.3, 0.4) is 0 Å². The number of nitrogens with zero attached hydrogens (tertiary/aromatic N) is 2. The van der Waals surface area contributed by atoms with Crippen molar-refractivity contribution in [3.05, 3.63) is 72.6 Å². The number of halogens is 3. The maximum atomic E-state index is 12.4. The van der Waals surface area contributed by atoms with Crippen molar-refractivity contribution in [2.45, 2.75) is 13.3 Å². The molecule has 158 valence electrons. The Hall–Kier alpha value is -3.81. The summed E-state index contributed by atoms with van der Waals surface area (Å²) in [6.07, 6.45) is -0.0420. The van der Waals surface area contributed by atoms with Gasteiger partial charge in [-0.2, -0.15) is 0 Å². The van der Waals surface area contributed by atoms with Crippen molar-refractivity contribution in [2.24, 2.45) is 0 Å². The number of aromatic nitrogens is 2. The Morgan fingerprint density at radius 2 is 1.87 bits per heavy atom. The number of carbonyl (C=O) groups excluding carboxylic acids is 1. The van der Waals surface area contributed by atoms with Gasteiger partial charge in [0.15, 0.2) is 0 Å². The van der Waals surface area contributed by atoms with Crippen LogP contribution in [-0.4, -0.2) is 28.5 Å². The molecule has 0 radical (unpaired) electrons. The van der Waals surface area contributed by atoms with E-state index in [2.05, 4.69) is 9.72 Å². The Kier molecular flexibility index (Phi) is 5.37. The van der Waals surface area contributed by atoms with E-state index in [-0.39, 0.29) is 5.75 Å². The third kappa shape index (κ3) is 4.53. The minimum absolute atomic E-state index is 0.283. The van der Waals surface area contributed by atoms with Gasteiger partial charge in [0.25, 0.3) is 0 Å². The first-order valence-corrected chi connectivity index (χ1v) is 9.45. The van der Waals surface area contributed by atoms with Gasteiger partial charge < -0.3 is 9.47 Å². The minimum atomic E-state index is -4.73. The second kappa shape index (κ2) is 8.14. The maximum Gasteiger partial charge on any atom is 0.573 e. The van der Waals surface area contributed by atoms with E-state index in [1.807, 2.05) is 30.3 Å². The molecule has 0 aliphatic heterocycles. The summed E-state index contributed by atoms with van der Waals surface area (Å²) in [5, 5.41) is 1.86. The van der Waals surface area contributed by atoms with Crippen LogP contribution in [0.5, 0.6) is 5.75 Å². The summed E-state index contributed by atoms with van der Waals surface area (Å²) in [7, 11) is 0. The molecule has 0 saturated heterocycles. The van der Waals surface area contributed by atoms with Crippen LogP contribution in [0.2, 0.25) is 0 Å². The molecule has 0 unspecified atom stereocenters. The van der Waals surface area contributed by atoms with Crippen molar-refractivity contribution < 1.29 is 27.4 Å². The molecule has 0 aliphatic carbocycles. The number of fused-ring (bicyclic) bond motifs is 3. The van der Waals surface area contributed by atoms with Crippen molar-refractivity contribution >= 4 is 33.9 Å². The van der Waals surface area contributed by atoms with Gasteiger partial charge in [-0.25, -0.2) is 9.78 Å². The maximum absolute atomic E-state index is 12.4. The van der Waals surface area contributed by atoms with E-state index in [1.54, 1.807) is 23.9 Å². The van der Waals surface area contributed by atoms with E-state index in [9.17, 15) is 18.0 Å². The lowest BCUT2D eigenvalue weighted by molar-refractivity contribution is -0.274. The van der Waals surface area contributed by atoms with Crippen molar-refractivity contribution in [2.75, 3.05) is 6.61 Å². The van der Waals surface area contributed by atoms with Gasteiger partial charge in [-0.05, 0) is 60.3 Å². The van der Waals surface area contributed by atoms with Crippen LogP contribution in [0.15, 0.2) is 67.0 Å². The first-order chi connectivity index (χ1) is 14.8. The van der Waals surface area contributed by atoms with Crippen LogP contribution in [-0.2, 0) is 9.53 Å². The summed E-state index contributed by atoms with van der Waals surface area (Å²) in [4.78, 5) is 16.0. The fourth-order valence-corrected chi connectivity index (χ4v) is 3.30. The summed E-state index contributed by atoms with van der Waals surface area (Å²) in [6.45, 7) is 2.07. The Balaban J connectivity index is 1.66. The summed E-state index contributed by atoms with van der Waals surface area (Å²) < 4.78 is 47.7. The summed E-state index contributed by atoms with van der Waals surface area (Å²) in [6, 6.07) is 15.1. The SMILES string of the molecule is CCOC(=O)/C=C/c1ccc2c(ccc3c2ncn3-c2ccc(OC(F)(F)F)cc2)c1. The van der Waals surface area contributed by atoms with E-state index >= 15 is 0 Å². The molecule has 0 spiro atoms. The van der Waals surface area contributed by atoms with Crippen LogP contribution < -0.4 is 4.74 Å². The van der Waals surface area contributed by atoms with Gasteiger partial charge in [0, 0.05) is 17.1 Å². The molecule has 3 aromatic carbocycles. The number of hydrogen-bond donors (Lipinski definition) is 0. The second-order valence-electron chi connectivity index (χ2n) is 6.66. The van der Waals surface area contributed by atoms with Crippen molar-refractivity contribution in [3.63, 3.8) is 0 Å². The second-order valence-corrected chi connectivity index (χ2v) is 6.66. The molecule has 0 amide bonds. The molecule has 0 saturated carbocycles. The quantitative estimate of drug-likeness (QED) is 0.306. The number of esters is 1. The molecule has 1 heterocycles. The fourth-order valence-electron chi connectivity index (χ4n) is 3.30. The van der Waals surface area contributed by atoms with E-state index in [0.717, 1.165) is 27.4 Å². The van der Waals surface area contributed by atoms with Gasteiger partial charge >= 0.3 is 12.3 Å². The Morgan fingerprint density at radius 1 is 1.10 bits per heavy atom. The molecular formula is C23H17F3N2O3. The van der Waals surface area contributed by atoms with Gasteiger partial charge in [-0.15, -0.1) is 13.2 Å². The van der Waals surface area contributed by atoms with Crippen molar-refractivity contribution in [1.82, 2.24) is 9.55 Å². The highest BCUT2D eigenvalue weighted by Gasteiger charge is 2.31. The normalized spacial score (nSPS) is 12.0. The van der Waals surface area contributed by atoms with Crippen LogP contribution in [0.25, 0.3) is 33.6 Å². The highest BCUT2D eigenvalue weighted by atomic mass is 19.4. The largest absolute Gasteiger partial charge is 0.573 e. The van der Waals surface area contributed by atoms with Crippen molar-refractivity contribution in [3.8, 4) is 11.4 Å². The van der Waals surface area contributed by atoms with E-state index in [0.29, 0.717) is 12.3 Å². The minimum Gasteiger partial charge on any atom is -0.463 e. The van der Waals surface area contributed by atoms with Gasteiger partial charge in [0.05, 0.1) is 17.6 Å². The Bertz CT molecular complexity index is 1280. The number of ether oxygens (including phenoxy) is 2. The lowest BCUT2D eigenvalue weighted by Crippen LogP contribution is -2.17. The molecule has 0 fully saturated rings. The standard InChI is InChI=1S/C23H17F3N2O3/c1-2-30-21(29)12-4-15-3-10-19-16(13-15)5-11-20-22(19)27-14-28(20)17-6-8-18(9-7-17)31-23(24,25)26/h3-14H,2H2,1H3/b12-4+. The molecule has 0 atom stereocenters. The number of imidazole rings is 1. The topological polar surface area (TPSA) is 53.3 Å². The molecule has 4 rings (SSSR count). The van der Waals surface area contributed by atoms with Gasteiger partial charge in [0.2, 0.25) is 0 Å². The first-order valence-electron chi connectivity index (χ1n) is 9.45. The van der Waals surface area contributed by atoms with Crippen LogP contribution >= 0.6 is 0 Å². The molecule has 5 nitrogen and oxygen atoms in total. The lowest BCUT2D eigenvalue weighted by atomic mass is 10.1. The average Bonchev–Trinajstić information content (AvgIpc) is 3.16. The van der Waals surface area contributed by atoms with Crippen LogP contribution in [0.4, 0.5) is 13.2 Å². The van der Waals surface area contributed by atoms with Gasteiger partial charge in [-0.1, -0.05) is 18.2 Å². The van der Waals surface area contributed by atoms with E-state index in [4.69, 9.17) is 4.74 Å². The van der Waals surface area contributed by atoms with Gasteiger partial charge in [0.1, 0.15) is 12.1 Å². The monoisotopic (exact) mass is 426 g/mol. The van der Waals surface area contributed by atoms with Crippen LogP contribution in [0.1, 0.15) is 12.5 Å². The van der Waals surface area contributed by atoms with Gasteiger partial charge in [-0.3, -0.25) is 4.57 Å². The summed E-state index contributed by atoms with van der Waals surface area (Å²) in [5.41, 5.74) is 3.07. The molecule has 1 aromatic heterocycles. The molecule has 8 heteroatoms. The number of hydrogen-bond acceptors (Lipinski definition) is 4. The third-order valence-corrected chi connectivity index (χ3v) is 4.60. The molecular weight excluding hydrogens is 409 g/mol. The molecule has 0 N–H and O–H groups in total. The Labute approximate surface area is 175 Å². The van der Waals surface area contributed by atoms with E-state index in [1.165, 1.54) is 30.3 Å². The molecule has 4 aromatic rings. The van der Waals surface area contributed by atoms with E-state index < -0.39 is 12.3 Å². The smallest absolute Gasteiger partial charge is 0.463 e. The number of rotatable bonds is 5. The zero-order valence-corrected chi connectivity index (χ0v) is 16.4. The predicted octanol–water partition coefficient (Wildman–Crippen LogP) is 5.65. The molecule has 0 aliphatic rings. The number of carbonyl (C=O) groups is 1. The summed E-state index contributed by atoms with van der Waals surface area (Å²) in [5.74, 6) is -0.682. The fraction of sp³-hybridized carbons (Fsp3) is 0.130. The zero-order valence-electron chi connectivity index (χ0n) is 16.4. The molecule has 31 heavy (non-hydrogen) atoms.